The van der Waals surface area contributed by atoms with Crippen LogP contribution in [0.1, 0.15) is 15.9 Å². The molecule has 180 valence electrons. The minimum Gasteiger partial charge on any atom is -0.486 e. The number of hydrogen-bond acceptors (Lipinski definition) is 6. The molecule has 0 aliphatic carbocycles. The second-order valence-electron chi connectivity index (χ2n) is 8.09. The highest BCUT2D eigenvalue weighted by molar-refractivity contribution is 6.04. The van der Waals surface area contributed by atoms with Crippen molar-refractivity contribution in [1.29, 1.82) is 0 Å². The normalized spacial score (nSPS) is 14.0. The third-order valence-corrected chi connectivity index (χ3v) is 5.56. The number of carbonyl (C=O) groups excluding carboxylic acids is 1. The highest BCUT2D eigenvalue weighted by atomic mass is 19.4. The molecule has 0 unspecified atom stereocenters. The molecular weight excluding hydrogens is 463 g/mol. The summed E-state index contributed by atoms with van der Waals surface area (Å²) in [6.45, 7) is 3.18. The van der Waals surface area contributed by atoms with Gasteiger partial charge in [0.1, 0.15) is 23.1 Å². The molecule has 0 spiro atoms. The van der Waals surface area contributed by atoms with Gasteiger partial charge in [0.05, 0.1) is 31.2 Å². The van der Waals surface area contributed by atoms with Gasteiger partial charge in [-0.15, -0.1) is 13.2 Å². The molecule has 2 aromatic heterocycles. The smallest absolute Gasteiger partial charge is 0.486 e. The van der Waals surface area contributed by atoms with Gasteiger partial charge in [0.15, 0.2) is 0 Å². The number of nitrogens with one attached hydrogen (secondary N) is 1. The van der Waals surface area contributed by atoms with Gasteiger partial charge in [-0.05, 0) is 36.8 Å². The van der Waals surface area contributed by atoms with E-state index < -0.39 is 18.0 Å². The van der Waals surface area contributed by atoms with E-state index in [4.69, 9.17) is 4.74 Å². The summed E-state index contributed by atoms with van der Waals surface area (Å²) in [5.41, 5.74) is 3.24. The molecule has 1 saturated heterocycles. The van der Waals surface area contributed by atoms with Gasteiger partial charge in [-0.2, -0.15) is 5.10 Å². The van der Waals surface area contributed by atoms with Crippen LogP contribution in [0.5, 0.6) is 11.5 Å². The molecule has 0 radical (unpaired) electrons. The van der Waals surface area contributed by atoms with E-state index in [0.29, 0.717) is 24.4 Å². The molecule has 1 fully saturated rings. The Hall–Kier alpha value is -4.28. The van der Waals surface area contributed by atoms with Crippen molar-refractivity contribution < 1.29 is 27.4 Å². The molecule has 1 N–H and O–H groups in total. The molecule has 4 aromatic rings. The first-order valence-corrected chi connectivity index (χ1v) is 10.7. The van der Waals surface area contributed by atoms with E-state index in [2.05, 4.69) is 25.0 Å². The molecule has 5 rings (SSSR count). The van der Waals surface area contributed by atoms with Crippen molar-refractivity contribution in [3.05, 3.63) is 78.4 Å². The first kappa shape index (κ1) is 22.5. The largest absolute Gasteiger partial charge is 0.573 e. The Morgan fingerprint density at radius 2 is 1.97 bits per heavy atom. The zero-order valence-corrected chi connectivity index (χ0v) is 18.5. The molecule has 35 heavy (non-hydrogen) atoms. The Kier molecular flexibility index (Phi) is 5.67. The number of ether oxygens (including phenoxy) is 2. The van der Waals surface area contributed by atoms with Crippen LogP contribution in [0.3, 0.4) is 0 Å². The summed E-state index contributed by atoms with van der Waals surface area (Å²) < 4.78 is 49.2. The molecule has 1 amide bonds. The molecule has 8 nitrogen and oxygen atoms in total. The number of fused-ring (bicyclic) bond motifs is 1. The number of anilines is 2. The highest BCUT2D eigenvalue weighted by Gasteiger charge is 2.32. The Morgan fingerprint density at radius 1 is 1.14 bits per heavy atom. The minimum atomic E-state index is -4.81. The summed E-state index contributed by atoms with van der Waals surface area (Å²) in [4.78, 5) is 19.0. The lowest BCUT2D eigenvalue weighted by molar-refractivity contribution is -0.274. The number of carbonyl (C=O) groups is 1. The van der Waals surface area contributed by atoms with Gasteiger partial charge in [0, 0.05) is 29.7 Å². The number of aromatic nitrogens is 3. The second-order valence-corrected chi connectivity index (χ2v) is 8.09. The van der Waals surface area contributed by atoms with E-state index in [-0.39, 0.29) is 11.8 Å². The fourth-order valence-corrected chi connectivity index (χ4v) is 3.80. The third-order valence-electron chi connectivity index (χ3n) is 5.56. The molecule has 11 heteroatoms. The Balaban J connectivity index is 1.23. The predicted octanol–water partition coefficient (Wildman–Crippen LogP) is 4.46. The topological polar surface area (TPSA) is 81.0 Å². The van der Waals surface area contributed by atoms with Gasteiger partial charge < -0.3 is 19.7 Å². The molecule has 1 aliphatic heterocycles. The number of alkyl halides is 3. The molecule has 0 atom stereocenters. The maximum atomic E-state index is 12.7. The maximum absolute atomic E-state index is 12.7. The lowest BCUT2D eigenvalue weighted by atomic mass is 10.1. The zero-order chi connectivity index (χ0) is 24.6. The third kappa shape index (κ3) is 4.98. The number of nitrogens with zero attached hydrogens (tertiary/aromatic N) is 4. The van der Waals surface area contributed by atoms with Crippen molar-refractivity contribution in [2.45, 2.75) is 19.4 Å². The van der Waals surface area contributed by atoms with Crippen molar-refractivity contribution in [2.75, 3.05) is 23.3 Å². The van der Waals surface area contributed by atoms with E-state index in [0.717, 1.165) is 28.9 Å². The van der Waals surface area contributed by atoms with Crippen LogP contribution in [0.4, 0.5) is 24.5 Å². The first-order chi connectivity index (χ1) is 16.7. The summed E-state index contributed by atoms with van der Waals surface area (Å²) in [6, 6.07) is 10.1. The fraction of sp³-hybridized carbons (Fsp3) is 0.208. The Morgan fingerprint density at radius 3 is 2.77 bits per heavy atom. The maximum Gasteiger partial charge on any atom is 0.573 e. The van der Waals surface area contributed by atoms with Crippen LogP contribution >= 0.6 is 0 Å². The predicted molar refractivity (Wildman–Crippen MR) is 122 cm³/mol. The highest BCUT2D eigenvalue weighted by Crippen LogP contribution is 2.30. The van der Waals surface area contributed by atoms with Crippen molar-refractivity contribution in [3.63, 3.8) is 0 Å². The first-order valence-electron chi connectivity index (χ1n) is 10.7. The standard InChI is InChI=1S/C24H20F3N5O3/c1-15-5-6-16(23(33)30-17-3-2-4-18(10-17)35-24(25,26)27)9-22(15)34-19-13-31(14-19)20-12-29-32-8-7-28-11-21(20)32/h2-12,19H,13-14H2,1H3,(H,30,33). The number of hydrogen-bond donors (Lipinski definition) is 1. The summed E-state index contributed by atoms with van der Waals surface area (Å²) in [5, 5.41) is 6.91. The summed E-state index contributed by atoms with van der Waals surface area (Å²) >= 11 is 0. The quantitative estimate of drug-likeness (QED) is 0.436. The van der Waals surface area contributed by atoms with Crippen LogP contribution in [0.2, 0.25) is 0 Å². The van der Waals surface area contributed by atoms with Crippen molar-refractivity contribution in [3.8, 4) is 11.5 Å². The van der Waals surface area contributed by atoms with Crippen LogP contribution in [0, 0.1) is 6.92 Å². The lowest BCUT2D eigenvalue weighted by Gasteiger charge is -2.40. The monoisotopic (exact) mass is 483 g/mol. The van der Waals surface area contributed by atoms with Crippen molar-refractivity contribution in [1.82, 2.24) is 14.6 Å². The molecule has 0 saturated carbocycles. The fourth-order valence-electron chi connectivity index (χ4n) is 3.80. The van der Waals surface area contributed by atoms with Crippen molar-refractivity contribution >= 4 is 22.8 Å². The van der Waals surface area contributed by atoms with Gasteiger partial charge in [-0.1, -0.05) is 12.1 Å². The average Bonchev–Trinajstić information content (AvgIpc) is 3.20. The van der Waals surface area contributed by atoms with E-state index in [9.17, 15) is 18.0 Å². The van der Waals surface area contributed by atoms with Crippen LogP contribution in [0.15, 0.2) is 67.3 Å². The average molecular weight is 483 g/mol. The SMILES string of the molecule is Cc1ccc(C(=O)Nc2cccc(OC(F)(F)F)c2)cc1OC1CN(c2cnn3ccncc23)C1. The van der Waals surface area contributed by atoms with E-state index >= 15 is 0 Å². The summed E-state index contributed by atoms with van der Waals surface area (Å²) in [5.74, 6) is -0.328. The number of halogens is 3. The van der Waals surface area contributed by atoms with Crippen LogP contribution in [-0.4, -0.2) is 46.1 Å². The van der Waals surface area contributed by atoms with E-state index in [1.807, 2.05) is 6.92 Å². The van der Waals surface area contributed by atoms with Crippen LogP contribution in [0.25, 0.3) is 5.52 Å². The summed E-state index contributed by atoms with van der Waals surface area (Å²) in [6.07, 6.45) is 2.11. The Labute approximate surface area is 197 Å². The van der Waals surface area contributed by atoms with Gasteiger partial charge in [-0.3, -0.25) is 9.78 Å². The van der Waals surface area contributed by atoms with E-state index in [1.54, 1.807) is 47.5 Å². The van der Waals surface area contributed by atoms with Crippen molar-refractivity contribution in [2.24, 2.45) is 0 Å². The molecule has 1 aliphatic rings. The van der Waals surface area contributed by atoms with Crippen LogP contribution < -0.4 is 19.7 Å². The van der Waals surface area contributed by atoms with Gasteiger partial charge >= 0.3 is 6.36 Å². The van der Waals surface area contributed by atoms with Crippen LogP contribution in [-0.2, 0) is 0 Å². The molecule has 2 aromatic carbocycles. The molecule has 3 heterocycles. The van der Waals surface area contributed by atoms with Gasteiger partial charge in [0.2, 0.25) is 0 Å². The number of amides is 1. The van der Waals surface area contributed by atoms with Gasteiger partial charge in [0.25, 0.3) is 5.91 Å². The number of benzene rings is 2. The summed E-state index contributed by atoms with van der Waals surface area (Å²) in [7, 11) is 0. The molecular formula is C24H20F3N5O3. The molecule has 0 bridgehead atoms. The van der Waals surface area contributed by atoms with Gasteiger partial charge in [-0.25, -0.2) is 4.52 Å². The zero-order valence-electron chi connectivity index (χ0n) is 18.5. The lowest BCUT2D eigenvalue weighted by Crippen LogP contribution is -2.54. The number of rotatable bonds is 6. The van der Waals surface area contributed by atoms with E-state index in [1.165, 1.54) is 12.1 Å². The minimum absolute atomic E-state index is 0.0742. The second kappa shape index (κ2) is 8.82. The number of aryl methyl sites for hydroxylation is 1. The Bertz CT molecular complexity index is 1380.